The Hall–Kier alpha value is -1.02. The van der Waals surface area contributed by atoms with Crippen LogP contribution in [0.4, 0.5) is 0 Å². The topological polar surface area (TPSA) is 26.3 Å². The number of methoxy groups -OCH3 is 1. The molecule has 0 radical (unpaired) electrons. The molecule has 0 bridgehead atoms. The number of benzene rings is 1. The smallest absolute Gasteiger partial charge is 0.151 e. The Kier molecular flexibility index (Phi) is 3.53. The molecular weight excluding hydrogens is 200 g/mol. The summed E-state index contributed by atoms with van der Waals surface area (Å²) in [5.74, 6) is 0.903. The van der Waals surface area contributed by atoms with E-state index in [0.717, 1.165) is 11.8 Å². The van der Waals surface area contributed by atoms with Crippen molar-refractivity contribution >= 4 is 17.9 Å². The summed E-state index contributed by atoms with van der Waals surface area (Å²) in [7, 11) is 1.54. The molecule has 1 aromatic rings. The second-order valence-corrected chi connectivity index (χ2v) is 3.78. The standard InChI is InChI=1S/C11H13ClO2/c1-7(2)8-4-9(6-13)11(12)10(5-8)14-3/h4-7H,1-3H3. The number of rotatable bonds is 3. The predicted octanol–water partition coefficient (Wildman–Crippen LogP) is 3.28. The molecule has 0 fully saturated rings. The van der Waals surface area contributed by atoms with Gasteiger partial charge >= 0.3 is 0 Å². The van der Waals surface area contributed by atoms with Crippen molar-refractivity contribution in [2.75, 3.05) is 7.11 Å². The molecule has 0 aliphatic heterocycles. The van der Waals surface area contributed by atoms with Gasteiger partial charge in [-0.25, -0.2) is 0 Å². The van der Waals surface area contributed by atoms with Crippen LogP contribution in [0.2, 0.25) is 5.02 Å². The van der Waals surface area contributed by atoms with Crippen LogP contribution in [0.5, 0.6) is 5.75 Å². The molecule has 0 heterocycles. The highest BCUT2D eigenvalue weighted by molar-refractivity contribution is 6.34. The Morgan fingerprint density at radius 3 is 2.50 bits per heavy atom. The quantitative estimate of drug-likeness (QED) is 0.719. The monoisotopic (exact) mass is 212 g/mol. The van der Waals surface area contributed by atoms with E-state index < -0.39 is 0 Å². The number of carbonyl (C=O) groups is 1. The van der Waals surface area contributed by atoms with E-state index in [4.69, 9.17) is 16.3 Å². The summed E-state index contributed by atoms with van der Waals surface area (Å²) in [4.78, 5) is 10.7. The fraction of sp³-hybridized carbons (Fsp3) is 0.364. The van der Waals surface area contributed by atoms with E-state index in [1.165, 1.54) is 0 Å². The van der Waals surface area contributed by atoms with Gasteiger partial charge in [-0.05, 0) is 23.6 Å². The van der Waals surface area contributed by atoms with Crippen LogP contribution in [0.1, 0.15) is 35.7 Å². The highest BCUT2D eigenvalue weighted by Crippen LogP contribution is 2.31. The van der Waals surface area contributed by atoms with Crippen LogP contribution in [0.15, 0.2) is 12.1 Å². The number of hydrogen-bond acceptors (Lipinski definition) is 2. The third kappa shape index (κ3) is 2.07. The molecule has 0 amide bonds. The molecule has 0 unspecified atom stereocenters. The molecule has 14 heavy (non-hydrogen) atoms. The van der Waals surface area contributed by atoms with E-state index in [9.17, 15) is 4.79 Å². The number of halogens is 1. The average molecular weight is 213 g/mol. The zero-order valence-corrected chi connectivity index (χ0v) is 9.26. The molecule has 76 valence electrons. The van der Waals surface area contributed by atoms with Crippen LogP contribution in [-0.2, 0) is 0 Å². The predicted molar refractivity (Wildman–Crippen MR) is 57.5 cm³/mol. The van der Waals surface area contributed by atoms with Gasteiger partial charge in [-0.2, -0.15) is 0 Å². The van der Waals surface area contributed by atoms with Gasteiger partial charge < -0.3 is 4.74 Å². The summed E-state index contributed by atoms with van der Waals surface area (Å²) in [5.41, 5.74) is 1.53. The van der Waals surface area contributed by atoms with E-state index in [1.54, 1.807) is 13.2 Å². The van der Waals surface area contributed by atoms with Gasteiger partial charge in [0.1, 0.15) is 5.75 Å². The van der Waals surface area contributed by atoms with Crippen molar-refractivity contribution in [2.24, 2.45) is 0 Å². The van der Waals surface area contributed by atoms with Crippen molar-refractivity contribution in [2.45, 2.75) is 19.8 Å². The first kappa shape index (κ1) is 11.1. The largest absolute Gasteiger partial charge is 0.495 e. The Labute approximate surface area is 88.8 Å². The van der Waals surface area contributed by atoms with Gasteiger partial charge in [0.05, 0.1) is 12.1 Å². The minimum Gasteiger partial charge on any atom is -0.495 e. The molecular formula is C11H13ClO2. The van der Waals surface area contributed by atoms with Crippen molar-refractivity contribution < 1.29 is 9.53 Å². The van der Waals surface area contributed by atoms with E-state index in [1.807, 2.05) is 6.07 Å². The third-order valence-corrected chi connectivity index (χ3v) is 2.51. The maximum absolute atomic E-state index is 10.7. The van der Waals surface area contributed by atoms with Crippen LogP contribution in [0.25, 0.3) is 0 Å². The minimum absolute atomic E-state index is 0.347. The summed E-state index contributed by atoms with van der Waals surface area (Å²) in [5, 5.41) is 0.381. The summed E-state index contributed by atoms with van der Waals surface area (Å²) in [6.45, 7) is 4.11. The molecule has 0 saturated heterocycles. The summed E-state index contributed by atoms with van der Waals surface area (Å²) >= 11 is 5.93. The van der Waals surface area contributed by atoms with Gasteiger partial charge in [-0.1, -0.05) is 25.4 Å². The molecule has 0 aliphatic carbocycles. The van der Waals surface area contributed by atoms with E-state index in [2.05, 4.69) is 13.8 Å². The molecule has 0 aliphatic rings. The van der Waals surface area contributed by atoms with Gasteiger partial charge in [0.2, 0.25) is 0 Å². The summed E-state index contributed by atoms with van der Waals surface area (Å²) in [6, 6.07) is 3.66. The fourth-order valence-electron chi connectivity index (χ4n) is 1.21. The van der Waals surface area contributed by atoms with Crippen molar-refractivity contribution in [1.82, 2.24) is 0 Å². The lowest BCUT2D eigenvalue weighted by Gasteiger charge is -2.11. The lowest BCUT2D eigenvalue weighted by Crippen LogP contribution is -1.95. The van der Waals surface area contributed by atoms with Crippen molar-refractivity contribution in [3.05, 3.63) is 28.3 Å². The maximum atomic E-state index is 10.7. The highest BCUT2D eigenvalue weighted by Gasteiger charge is 2.10. The number of ether oxygens (including phenoxy) is 1. The number of hydrogen-bond donors (Lipinski definition) is 0. The molecule has 0 spiro atoms. The zero-order chi connectivity index (χ0) is 10.7. The summed E-state index contributed by atoms with van der Waals surface area (Å²) < 4.78 is 5.09. The summed E-state index contributed by atoms with van der Waals surface area (Å²) in [6.07, 6.45) is 0.747. The molecule has 1 aromatic carbocycles. The van der Waals surface area contributed by atoms with Crippen LogP contribution < -0.4 is 4.74 Å². The second kappa shape index (κ2) is 4.47. The van der Waals surface area contributed by atoms with E-state index in [-0.39, 0.29) is 0 Å². The zero-order valence-electron chi connectivity index (χ0n) is 8.50. The SMILES string of the molecule is COc1cc(C(C)C)cc(C=O)c1Cl. The first-order valence-corrected chi connectivity index (χ1v) is 4.80. The van der Waals surface area contributed by atoms with Gasteiger partial charge in [-0.15, -0.1) is 0 Å². The molecule has 2 nitrogen and oxygen atoms in total. The fourth-order valence-corrected chi connectivity index (χ4v) is 1.44. The molecule has 0 atom stereocenters. The minimum atomic E-state index is 0.347. The lowest BCUT2D eigenvalue weighted by molar-refractivity contribution is 0.112. The van der Waals surface area contributed by atoms with Crippen molar-refractivity contribution in [3.63, 3.8) is 0 Å². The van der Waals surface area contributed by atoms with Gasteiger partial charge in [0, 0.05) is 5.56 Å². The first-order chi connectivity index (χ1) is 6.60. The number of aldehydes is 1. The van der Waals surface area contributed by atoms with Gasteiger partial charge in [0.25, 0.3) is 0 Å². The second-order valence-electron chi connectivity index (χ2n) is 3.40. The Morgan fingerprint density at radius 1 is 1.43 bits per heavy atom. The normalized spacial score (nSPS) is 10.4. The molecule has 0 saturated carbocycles. The van der Waals surface area contributed by atoms with Crippen molar-refractivity contribution in [3.8, 4) is 5.75 Å². The molecule has 1 rings (SSSR count). The molecule has 0 aromatic heterocycles. The first-order valence-electron chi connectivity index (χ1n) is 4.42. The Morgan fingerprint density at radius 2 is 2.07 bits per heavy atom. The van der Waals surface area contributed by atoms with Crippen LogP contribution >= 0.6 is 11.6 Å². The highest BCUT2D eigenvalue weighted by atomic mass is 35.5. The van der Waals surface area contributed by atoms with Gasteiger partial charge in [-0.3, -0.25) is 4.79 Å². The molecule has 3 heteroatoms. The number of carbonyl (C=O) groups excluding carboxylic acids is 1. The average Bonchev–Trinajstić information content (AvgIpc) is 2.17. The maximum Gasteiger partial charge on any atom is 0.151 e. The Bertz CT molecular complexity index is 345. The lowest BCUT2D eigenvalue weighted by atomic mass is 10.0. The van der Waals surface area contributed by atoms with E-state index in [0.29, 0.717) is 22.3 Å². The Balaban J connectivity index is 3.31. The third-order valence-electron chi connectivity index (χ3n) is 2.10. The van der Waals surface area contributed by atoms with E-state index >= 15 is 0 Å². The van der Waals surface area contributed by atoms with Crippen LogP contribution in [0, 0.1) is 0 Å². The van der Waals surface area contributed by atoms with Crippen LogP contribution in [0.3, 0.4) is 0 Å². The molecule has 0 N–H and O–H groups in total. The van der Waals surface area contributed by atoms with Crippen molar-refractivity contribution in [1.29, 1.82) is 0 Å². The van der Waals surface area contributed by atoms with Crippen LogP contribution in [-0.4, -0.2) is 13.4 Å². The van der Waals surface area contributed by atoms with Gasteiger partial charge in [0.15, 0.2) is 6.29 Å².